The van der Waals surface area contributed by atoms with Crippen molar-refractivity contribution in [3.05, 3.63) is 95.6 Å². The van der Waals surface area contributed by atoms with E-state index in [1.54, 1.807) is 41.1 Å². The Kier molecular flexibility index (Phi) is 15.6. The van der Waals surface area contributed by atoms with E-state index < -0.39 is 30.4 Å². The Morgan fingerprint density at radius 1 is 0.815 bits per heavy atom. The van der Waals surface area contributed by atoms with Gasteiger partial charge in [-0.3, -0.25) is 19.2 Å². The third-order valence-corrected chi connectivity index (χ3v) is 9.65. The first-order valence-corrected chi connectivity index (χ1v) is 18.5. The molecule has 1 fully saturated rings. The van der Waals surface area contributed by atoms with Crippen molar-refractivity contribution >= 4 is 41.1 Å². The molecule has 1 aliphatic heterocycles. The summed E-state index contributed by atoms with van der Waals surface area (Å²) in [6.45, 7) is 8.67. The molecular formula is C41H55N7O6. The van der Waals surface area contributed by atoms with Crippen molar-refractivity contribution in [3.8, 4) is 0 Å². The molecule has 0 aliphatic carbocycles. The number of rotatable bonds is 17. The maximum absolute atomic E-state index is 13.8. The highest BCUT2D eigenvalue weighted by atomic mass is 16.4. The quantitative estimate of drug-likeness (QED) is 0.139. The summed E-state index contributed by atoms with van der Waals surface area (Å²) < 4.78 is 0. The third kappa shape index (κ3) is 13.0. The van der Waals surface area contributed by atoms with Crippen LogP contribution in [0.5, 0.6) is 0 Å². The van der Waals surface area contributed by atoms with E-state index in [9.17, 15) is 29.1 Å². The molecule has 290 valence electrons. The lowest BCUT2D eigenvalue weighted by Gasteiger charge is -2.35. The van der Waals surface area contributed by atoms with Crippen molar-refractivity contribution in [3.63, 3.8) is 0 Å². The first-order valence-electron chi connectivity index (χ1n) is 18.5. The third-order valence-electron chi connectivity index (χ3n) is 9.65. The first-order chi connectivity index (χ1) is 25.8. The van der Waals surface area contributed by atoms with Crippen LogP contribution in [0.4, 0.5) is 16.2 Å². The number of para-hydroxylation sites is 1. The van der Waals surface area contributed by atoms with Crippen molar-refractivity contribution in [2.75, 3.05) is 57.5 Å². The van der Waals surface area contributed by atoms with Gasteiger partial charge in [-0.05, 0) is 61.2 Å². The molecule has 0 aromatic heterocycles. The number of carbonyl (C=O) groups is 5. The highest BCUT2D eigenvalue weighted by Crippen LogP contribution is 2.17. The van der Waals surface area contributed by atoms with E-state index >= 15 is 0 Å². The maximum Gasteiger partial charge on any atom is 0.323 e. The van der Waals surface area contributed by atoms with E-state index in [1.807, 2.05) is 82.4 Å². The van der Waals surface area contributed by atoms with Crippen LogP contribution in [0.25, 0.3) is 0 Å². The Hall–Kier alpha value is -5.27. The Morgan fingerprint density at radius 3 is 2.09 bits per heavy atom. The number of benzene rings is 3. The standard InChI is InChI=1S/C41H55N7O6/c1-28(2)23-33(47(5)37(49)25-31-15-17-32(18-16-31)43-41(54)45-34-14-10-9-11-29(34)3)27-42-35(26-38(50)51)39(52)44-36(24-30-12-7-6-8-13-30)40(53)48-21-19-46(4)20-22-48/h6-18,28,33,35-36,42H,19-27H2,1-5H3,(H,44,52)(H,50,51)(H2,43,45,54)/t33?,35-,36?/m0/s1. The van der Waals surface area contributed by atoms with Crippen molar-refractivity contribution in [2.24, 2.45) is 5.92 Å². The monoisotopic (exact) mass is 741 g/mol. The van der Waals surface area contributed by atoms with E-state index in [2.05, 4.69) is 26.2 Å². The largest absolute Gasteiger partial charge is 0.481 e. The first kappa shape index (κ1) is 41.5. The summed E-state index contributed by atoms with van der Waals surface area (Å²) in [7, 11) is 3.71. The second kappa shape index (κ2) is 20.3. The topological polar surface area (TPSA) is 163 Å². The summed E-state index contributed by atoms with van der Waals surface area (Å²) >= 11 is 0. The van der Waals surface area contributed by atoms with Crippen LogP contribution in [0.15, 0.2) is 78.9 Å². The van der Waals surface area contributed by atoms with Crippen LogP contribution >= 0.6 is 0 Å². The zero-order valence-corrected chi connectivity index (χ0v) is 32.0. The molecule has 3 aromatic rings. The van der Waals surface area contributed by atoms with Crippen LogP contribution < -0.4 is 21.3 Å². The lowest BCUT2D eigenvalue weighted by molar-refractivity contribution is -0.141. The highest BCUT2D eigenvalue weighted by molar-refractivity contribution is 6.00. The molecule has 2 unspecified atom stereocenters. The summed E-state index contributed by atoms with van der Waals surface area (Å²) in [6, 6.07) is 21.2. The number of hydrogen-bond acceptors (Lipinski definition) is 7. The molecule has 54 heavy (non-hydrogen) atoms. The van der Waals surface area contributed by atoms with Gasteiger partial charge in [0.1, 0.15) is 6.04 Å². The Bertz CT molecular complexity index is 1710. The summed E-state index contributed by atoms with van der Waals surface area (Å²) in [5.74, 6) is -1.90. The van der Waals surface area contributed by atoms with E-state index in [0.717, 1.165) is 29.8 Å². The van der Waals surface area contributed by atoms with Crippen LogP contribution in [-0.4, -0.2) is 114 Å². The number of amides is 5. The maximum atomic E-state index is 13.8. The van der Waals surface area contributed by atoms with E-state index in [1.165, 1.54) is 0 Å². The molecule has 3 atom stereocenters. The van der Waals surface area contributed by atoms with Crippen molar-refractivity contribution in [2.45, 2.75) is 64.6 Å². The number of hydrogen-bond donors (Lipinski definition) is 5. The molecule has 4 rings (SSSR count). The normalized spacial score (nSPS) is 14.8. The zero-order chi connectivity index (χ0) is 39.2. The fraction of sp³-hybridized carbons (Fsp3) is 0.439. The van der Waals surface area contributed by atoms with Gasteiger partial charge in [-0.15, -0.1) is 0 Å². The number of likely N-dealkylation sites (N-methyl/N-ethyl adjacent to an activating group) is 2. The average Bonchev–Trinajstić information content (AvgIpc) is 3.14. The lowest BCUT2D eigenvalue weighted by Crippen LogP contribution is -2.58. The summed E-state index contributed by atoms with van der Waals surface area (Å²) in [4.78, 5) is 71.1. The number of nitrogens with zero attached hydrogens (tertiary/aromatic N) is 3. The van der Waals surface area contributed by atoms with Crippen molar-refractivity contribution in [1.29, 1.82) is 0 Å². The number of carbonyl (C=O) groups excluding carboxylic acids is 4. The second-order valence-corrected chi connectivity index (χ2v) is 14.5. The lowest BCUT2D eigenvalue weighted by atomic mass is 10.0. The highest BCUT2D eigenvalue weighted by Gasteiger charge is 2.32. The predicted molar refractivity (Wildman–Crippen MR) is 210 cm³/mol. The number of carboxylic acid groups (broad SMARTS) is 1. The average molecular weight is 742 g/mol. The minimum Gasteiger partial charge on any atom is -0.481 e. The minimum absolute atomic E-state index is 0.107. The second-order valence-electron chi connectivity index (χ2n) is 14.5. The smallest absolute Gasteiger partial charge is 0.323 e. The summed E-state index contributed by atoms with van der Waals surface area (Å²) in [5, 5.41) is 21.4. The fourth-order valence-electron chi connectivity index (χ4n) is 6.41. The van der Waals surface area contributed by atoms with Gasteiger partial charge in [0, 0.05) is 63.6 Å². The van der Waals surface area contributed by atoms with E-state index in [0.29, 0.717) is 30.9 Å². The molecule has 13 nitrogen and oxygen atoms in total. The van der Waals surface area contributed by atoms with E-state index in [4.69, 9.17) is 0 Å². The van der Waals surface area contributed by atoms with Gasteiger partial charge in [-0.25, -0.2) is 4.79 Å². The molecule has 1 heterocycles. The molecule has 5 amide bonds. The van der Waals surface area contributed by atoms with E-state index in [-0.39, 0.29) is 49.2 Å². The van der Waals surface area contributed by atoms with Gasteiger partial charge in [0.25, 0.3) is 0 Å². The van der Waals surface area contributed by atoms with Gasteiger partial charge in [0.05, 0.1) is 18.9 Å². The van der Waals surface area contributed by atoms with Gasteiger partial charge in [0.15, 0.2) is 0 Å². The van der Waals surface area contributed by atoms with Crippen LogP contribution in [0, 0.1) is 12.8 Å². The predicted octanol–water partition coefficient (Wildman–Crippen LogP) is 3.99. The molecule has 5 N–H and O–H groups in total. The molecular weight excluding hydrogens is 686 g/mol. The van der Waals surface area contributed by atoms with Crippen LogP contribution in [-0.2, 0) is 32.0 Å². The van der Waals surface area contributed by atoms with Crippen molar-refractivity contribution in [1.82, 2.24) is 25.3 Å². The van der Waals surface area contributed by atoms with Crippen LogP contribution in [0.3, 0.4) is 0 Å². The molecule has 0 radical (unpaired) electrons. The summed E-state index contributed by atoms with van der Waals surface area (Å²) in [5.41, 5.74) is 3.86. The van der Waals surface area contributed by atoms with Gasteiger partial charge in [-0.1, -0.05) is 74.5 Å². The van der Waals surface area contributed by atoms with Crippen LogP contribution in [0.2, 0.25) is 0 Å². The molecule has 0 spiro atoms. The number of carboxylic acids is 1. The van der Waals surface area contributed by atoms with Gasteiger partial charge in [-0.2, -0.15) is 0 Å². The molecule has 0 bridgehead atoms. The van der Waals surface area contributed by atoms with Gasteiger partial charge < -0.3 is 41.1 Å². The molecule has 13 heteroatoms. The summed E-state index contributed by atoms with van der Waals surface area (Å²) in [6.07, 6.45) is 0.480. The molecule has 3 aromatic carbocycles. The van der Waals surface area contributed by atoms with Crippen LogP contribution in [0.1, 0.15) is 43.4 Å². The Morgan fingerprint density at radius 2 is 1.46 bits per heavy atom. The SMILES string of the molecule is Cc1ccccc1NC(=O)Nc1ccc(CC(=O)N(C)C(CN[C@@H](CC(=O)O)C(=O)NC(Cc2ccccc2)C(=O)N2CCN(C)CC2)CC(C)C)cc1. The molecule has 1 saturated heterocycles. The Labute approximate surface area is 318 Å². The minimum atomic E-state index is -1.16. The molecule has 1 aliphatic rings. The van der Waals surface area contributed by atoms with Crippen molar-refractivity contribution < 1.29 is 29.1 Å². The number of urea groups is 1. The number of anilines is 2. The van der Waals surface area contributed by atoms with Gasteiger partial charge in [0.2, 0.25) is 17.7 Å². The van der Waals surface area contributed by atoms with Gasteiger partial charge >= 0.3 is 12.0 Å². The fourth-order valence-corrected chi connectivity index (χ4v) is 6.41. The zero-order valence-electron chi connectivity index (χ0n) is 32.0. The molecule has 0 saturated carbocycles. The number of nitrogens with one attached hydrogen (secondary N) is 4. The Balaban J connectivity index is 1.39. The number of aliphatic carboxylic acids is 1. The number of aryl methyl sites for hydroxylation is 1. The number of piperazine rings is 1.